The highest BCUT2D eigenvalue weighted by Crippen LogP contribution is 2.27. The molecule has 0 saturated carbocycles. The lowest BCUT2D eigenvalue weighted by Crippen LogP contribution is -2.14. The minimum Gasteiger partial charge on any atom is -0.320 e. The monoisotopic (exact) mass is 410 g/mol. The number of hydrogen-bond donors (Lipinski definition) is 1. The second-order valence-electron chi connectivity index (χ2n) is 5.95. The molecule has 4 aromatic rings. The van der Waals surface area contributed by atoms with Crippen LogP contribution in [0.4, 0.5) is 5.69 Å². The van der Waals surface area contributed by atoms with Gasteiger partial charge in [0.1, 0.15) is 0 Å². The molecule has 1 aromatic carbocycles. The number of pyridine rings is 1. The van der Waals surface area contributed by atoms with E-state index >= 15 is 0 Å². The summed E-state index contributed by atoms with van der Waals surface area (Å²) in [5.74, 6) is -0.277. The number of aryl methyl sites for hydroxylation is 2. The largest absolute Gasteiger partial charge is 0.320 e. The summed E-state index contributed by atoms with van der Waals surface area (Å²) in [6.07, 6.45) is 7.19. The van der Waals surface area contributed by atoms with Crippen LogP contribution in [0.3, 0.4) is 0 Å². The van der Waals surface area contributed by atoms with E-state index in [1.54, 1.807) is 35.0 Å². The van der Waals surface area contributed by atoms with E-state index in [1.165, 1.54) is 0 Å². The highest BCUT2D eigenvalue weighted by molar-refractivity contribution is 9.10. The number of hydrogen-bond acceptors (Lipinski definition) is 4. The zero-order valence-corrected chi connectivity index (χ0v) is 15.7. The van der Waals surface area contributed by atoms with Gasteiger partial charge in [-0.15, -0.1) is 0 Å². The topological polar surface area (TPSA) is 77.6 Å². The molecular weight excluding hydrogens is 396 g/mol. The highest BCUT2D eigenvalue weighted by Gasteiger charge is 2.16. The molecule has 0 saturated heterocycles. The molecular formula is C18H15BrN6O. The molecule has 0 fully saturated rings. The number of anilines is 1. The molecule has 1 N–H and O–H groups in total. The van der Waals surface area contributed by atoms with Gasteiger partial charge < -0.3 is 5.32 Å². The Bertz CT molecular complexity index is 1130. The number of nitrogens with zero attached hydrogens (tertiary/aromatic N) is 5. The van der Waals surface area contributed by atoms with Crippen LogP contribution >= 0.6 is 15.9 Å². The van der Waals surface area contributed by atoms with Crippen LogP contribution in [0.15, 0.2) is 53.5 Å². The van der Waals surface area contributed by atoms with E-state index in [9.17, 15) is 4.79 Å². The van der Waals surface area contributed by atoms with Crippen molar-refractivity contribution in [1.82, 2.24) is 24.5 Å². The quantitative estimate of drug-likeness (QED) is 0.561. The molecule has 0 aliphatic heterocycles. The third-order valence-electron chi connectivity index (χ3n) is 4.01. The van der Waals surface area contributed by atoms with Gasteiger partial charge in [0.15, 0.2) is 5.69 Å². The molecule has 0 aliphatic rings. The molecule has 3 aromatic heterocycles. The van der Waals surface area contributed by atoms with Crippen molar-refractivity contribution in [3.05, 3.63) is 59.2 Å². The van der Waals surface area contributed by atoms with Crippen LogP contribution in [0.25, 0.3) is 22.0 Å². The van der Waals surface area contributed by atoms with Gasteiger partial charge in [-0.1, -0.05) is 12.1 Å². The van der Waals surface area contributed by atoms with Crippen LogP contribution in [0, 0.1) is 0 Å². The summed E-state index contributed by atoms with van der Waals surface area (Å²) in [7, 11) is 3.64. The minimum absolute atomic E-state index is 0.277. The maximum absolute atomic E-state index is 12.5. The first-order chi connectivity index (χ1) is 12.5. The van der Waals surface area contributed by atoms with Crippen molar-refractivity contribution in [2.75, 3.05) is 5.32 Å². The molecule has 0 unspecified atom stereocenters. The summed E-state index contributed by atoms with van der Waals surface area (Å²) in [5.41, 5.74) is 2.81. The Morgan fingerprint density at radius 3 is 2.69 bits per heavy atom. The van der Waals surface area contributed by atoms with Crippen molar-refractivity contribution in [3.63, 3.8) is 0 Å². The van der Waals surface area contributed by atoms with Gasteiger partial charge in [-0.25, -0.2) is 0 Å². The molecule has 0 radical (unpaired) electrons. The van der Waals surface area contributed by atoms with Crippen molar-refractivity contribution in [2.45, 2.75) is 0 Å². The van der Waals surface area contributed by atoms with Crippen LogP contribution in [0.2, 0.25) is 0 Å². The molecule has 4 rings (SSSR count). The van der Waals surface area contributed by atoms with Gasteiger partial charge in [-0.05, 0) is 33.4 Å². The number of carbonyl (C=O) groups is 1. The van der Waals surface area contributed by atoms with Crippen molar-refractivity contribution >= 4 is 38.3 Å². The fourth-order valence-electron chi connectivity index (χ4n) is 2.79. The third-order valence-corrected chi connectivity index (χ3v) is 4.59. The lowest BCUT2D eigenvalue weighted by molar-refractivity contribution is 0.102. The molecule has 0 bridgehead atoms. The fraction of sp³-hybridized carbons (Fsp3) is 0.111. The Morgan fingerprint density at radius 1 is 1.15 bits per heavy atom. The van der Waals surface area contributed by atoms with Gasteiger partial charge in [0.25, 0.3) is 5.91 Å². The third kappa shape index (κ3) is 2.99. The van der Waals surface area contributed by atoms with Crippen LogP contribution in [0.5, 0.6) is 0 Å². The lowest BCUT2D eigenvalue weighted by Gasteiger charge is -2.08. The fourth-order valence-corrected chi connectivity index (χ4v) is 3.34. The highest BCUT2D eigenvalue weighted by atomic mass is 79.9. The van der Waals surface area contributed by atoms with Gasteiger partial charge in [0, 0.05) is 43.6 Å². The van der Waals surface area contributed by atoms with Gasteiger partial charge in [0.2, 0.25) is 0 Å². The van der Waals surface area contributed by atoms with E-state index in [-0.39, 0.29) is 5.91 Å². The molecule has 130 valence electrons. The summed E-state index contributed by atoms with van der Waals surface area (Å²) < 4.78 is 3.97. The molecule has 0 spiro atoms. The SMILES string of the molecule is Cn1cc(-c2cc3cccc(NC(=O)c4nn(C)cc4Br)c3cn2)cn1. The maximum Gasteiger partial charge on any atom is 0.277 e. The van der Waals surface area contributed by atoms with E-state index in [4.69, 9.17) is 0 Å². The average Bonchev–Trinajstić information content (AvgIpc) is 3.19. The van der Waals surface area contributed by atoms with Gasteiger partial charge in [-0.3, -0.25) is 19.1 Å². The van der Waals surface area contributed by atoms with Crippen LogP contribution in [-0.2, 0) is 14.1 Å². The number of amides is 1. The molecule has 7 nitrogen and oxygen atoms in total. The van der Waals surface area contributed by atoms with Crippen molar-refractivity contribution < 1.29 is 4.79 Å². The Kier molecular flexibility index (Phi) is 4.04. The normalized spacial score (nSPS) is 11.0. The molecule has 3 heterocycles. The van der Waals surface area contributed by atoms with Crippen LogP contribution < -0.4 is 5.32 Å². The van der Waals surface area contributed by atoms with Gasteiger partial charge >= 0.3 is 0 Å². The molecule has 0 aliphatic carbocycles. The Morgan fingerprint density at radius 2 is 2.00 bits per heavy atom. The number of carbonyl (C=O) groups excluding carboxylic acids is 1. The lowest BCUT2D eigenvalue weighted by atomic mass is 10.1. The Labute approximate surface area is 157 Å². The number of aromatic nitrogens is 5. The summed E-state index contributed by atoms with van der Waals surface area (Å²) in [6.45, 7) is 0. The van der Waals surface area contributed by atoms with Crippen molar-refractivity contribution in [2.24, 2.45) is 14.1 Å². The smallest absolute Gasteiger partial charge is 0.277 e. The number of benzene rings is 1. The first kappa shape index (κ1) is 16.5. The number of halogens is 1. The average molecular weight is 411 g/mol. The standard InChI is InChI=1S/C18H15BrN6O/c1-24-9-12(7-21-24)16-6-11-4-3-5-15(13(11)8-20-16)22-18(26)17-14(19)10-25(2)23-17/h3-10H,1-2H3,(H,22,26). The van der Waals surface area contributed by atoms with Crippen LogP contribution in [-0.4, -0.2) is 30.5 Å². The first-order valence-electron chi connectivity index (χ1n) is 7.89. The first-order valence-corrected chi connectivity index (χ1v) is 8.69. The van der Waals surface area contributed by atoms with Crippen LogP contribution in [0.1, 0.15) is 10.5 Å². The zero-order chi connectivity index (χ0) is 18.3. The molecule has 26 heavy (non-hydrogen) atoms. The van der Waals surface area contributed by atoms with E-state index < -0.39 is 0 Å². The number of rotatable bonds is 3. The number of nitrogens with one attached hydrogen (secondary N) is 1. The minimum atomic E-state index is -0.277. The van der Waals surface area contributed by atoms with Crippen molar-refractivity contribution in [1.29, 1.82) is 0 Å². The molecule has 0 atom stereocenters. The van der Waals surface area contributed by atoms with Gasteiger partial charge in [-0.2, -0.15) is 10.2 Å². The molecule has 8 heteroatoms. The Hall–Kier alpha value is -3.00. The van der Waals surface area contributed by atoms with Crippen molar-refractivity contribution in [3.8, 4) is 11.3 Å². The summed E-state index contributed by atoms with van der Waals surface area (Å²) in [6, 6.07) is 7.73. The Balaban J connectivity index is 1.70. The maximum atomic E-state index is 12.5. The summed E-state index contributed by atoms with van der Waals surface area (Å²) >= 11 is 3.35. The second kappa shape index (κ2) is 6.38. The predicted octanol–water partition coefficient (Wildman–Crippen LogP) is 3.38. The van der Waals surface area contributed by atoms with E-state index in [1.807, 2.05) is 37.5 Å². The summed E-state index contributed by atoms with van der Waals surface area (Å²) in [5, 5.41) is 13.1. The van der Waals surface area contributed by atoms with E-state index in [0.29, 0.717) is 15.9 Å². The van der Waals surface area contributed by atoms with E-state index in [0.717, 1.165) is 22.0 Å². The predicted molar refractivity (Wildman–Crippen MR) is 103 cm³/mol. The second-order valence-corrected chi connectivity index (χ2v) is 6.81. The van der Waals surface area contributed by atoms with E-state index in [2.05, 4.69) is 36.4 Å². The van der Waals surface area contributed by atoms with Gasteiger partial charge in [0.05, 0.1) is 22.1 Å². The number of fused-ring (bicyclic) bond motifs is 1. The molecule has 1 amide bonds. The zero-order valence-electron chi connectivity index (χ0n) is 14.1. The summed E-state index contributed by atoms with van der Waals surface area (Å²) in [4.78, 5) is 17.1.